The number of nitrogens with one attached hydrogen (secondary N) is 1. The van der Waals surface area contributed by atoms with Gasteiger partial charge in [0, 0.05) is 0 Å². The highest BCUT2D eigenvalue weighted by atomic mass is 16.5. The molecule has 0 aromatic heterocycles. The number of amides is 1. The molecule has 0 radical (unpaired) electrons. The highest BCUT2D eigenvalue weighted by Crippen LogP contribution is 2.17. The zero-order valence-corrected chi connectivity index (χ0v) is 15.6. The number of carbonyl (C=O) groups is 1. The van der Waals surface area contributed by atoms with Gasteiger partial charge in [-0.1, -0.05) is 23.8 Å². The Labute approximate surface area is 150 Å². The Morgan fingerprint density at radius 1 is 0.920 bits per heavy atom. The maximum Gasteiger partial charge on any atom is 0.261 e. The van der Waals surface area contributed by atoms with Crippen LogP contribution in [0.2, 0.25) is 0 Å². The number of hydrogen-bond acceptors (Lipinski definition) is 3. The van der Waals surface area contributed by atoms with Crippen LogP contribution in [0.5, 0.6) is 11.5 Å². The van der Waals surface area contributed by atoms with Crippen LogP contribution in [0.15, 0.2) is 42.5 Å². The Bertz CT molecular complexity index is 689. The quantitative estimate of drug-likeness (QED) is 0.829. The fourth-order valence-corrected chi connectivity index (χ4v) is 2.52. The molecular weight excluding hydrogens is 314 g/mol. The van der Waals surface area contributed by atoms with Gasteiger partial charge in [-0.3, -0.25) is 4.79 Å². The fraction of sp³-hybridized carbons (Fsp3) is 0.381. The van der Waals surface area contributed by atoms with E-state index in [0.717, 1.165) is 16.9 Å². The van der Waals surface area contributed by atoms with Crippen LogP contribution in [0.4, 0.5) is 0 Å². The third-order valence-corrected chi connectivity index (χ3v) is 3.79. The van der Waals surface area contributed by atoms with Gasteiger partial charge in [-0.15, -0.1) is 0 Å². The summed E-state index contributed by atoms with van der Waals surface area (Å²) in [7, 11) is 0. The molecule has 0 aliphatic carbocycles. The van der Waals surface area contributed by atoms with Crippen molar-refractivity contribution in [1.29, 1.82) is 0 Å². The van der Waals surface area contributed by atoms with Crippen LogP contribution < -0.4 is 14.8 Å². The topological polar surface area (TPSA) is 47.6 Å². The first kappa shape index (κ1) is 18.8. The van der Waals surface area contributed by atoms with Crippen LogP contribution in [0, 0.1) is 20.8 Å². The number of benzene rings is 2. The van der Waals surface area contributed by atoms with E-state index in [1.807, 2.05) is 64.1 Å². The number of aryl methyl sites for hydroxylation is 3. The maximum atomic E-state index is 12.3. The molecule has 2 rings (SSSR count). The third kappa shape index (κ3) is 6.14. The normalized spacial score (nSPS) is 13.0. The van der Waals surface area contributed by atoms with Crippen molar-refractivity contribution in [2.24, 2.45) is 0 Å². The van der Waals surface area contributed by atoms with Crippen molar-refractivity contribution in [2.75, 3.05) is 6.61 Å². The van der Waals surface area contributed by atoms with Crippen molar-refractivity contribution in [1.82, 2.24) is 5.32 Å². The minimum absolute atomic E-state index is 0.112. The molecule has 2 aromatic rings. The molecule has 0 bridgehead atoms. The van der Waals surface area contributed by atoms with Gasteiger partial charge < -0.3 is 14.8 Å². The third-order valence-electron chi connectivity index (χ3n) is 3.79. The van der Waals surface area contributed by atoms with E-state index >= 15 is 0 Å². The van der Waals surface area contributed by atoms with Gasteiger partial charge in [0.25, 0.3) is 5.91 Å². The monoisotopic (exact) mass is 341 g/mol. The Morgan fingerprint density at radius 2 is 1.52 bits per heavy atom. The fourth-order valence-electron chi connectivity index (χ4n) is 2.52. The molecule has 0 saturated heterocycles. The first-order valence-electron chi connectivity index (χ1n) is 8.58. The second-order valence-corrected chi connectivity index (χ2v) is 6.62. The lowest BCUT2D eigenvalue weighted by molar-refractivity contribution is -0.128. The van der Waals surface area contributed by atoms with Crippen LogP contribution in [-0.4, -0.2) is 24.7 Å². The Morgan fingerprint density at radius 3 is 2.12 bits per heavy atom. The lowest BCUT2D eigenvalue weighted by Crippen LogP contribution is -2.43. The predicted molar refractivity (Wildman–Crippen MR) is 100 cm³/mol. The Hall–Kier alpha value is -2.49. The standard InChI is InChI=1S/C21H27NO3/c1-14-6-8-19(9-7-14)24-13-17(4)22-21(23)18(5)25-20-11-15(2)10-16(3)12-20/h6-12,17-18H,13H2,1-5H3,(H,22,23)/t17-,18+/m0/s1. The molecule has 25 heavy (non-hydrogen) atoms. The average molecular weight is 341 g/mol. The van der Waals surface area contributed by atoms with Gasteiger partial charge in [-0.2, -0.15) is 0 Å². The van der Waals surface area contributed by atoms with Gasteiger partial charge in [0.1, 0.15) is 18.1 Å². The van der Waals surface area contributed by atoms with Crippen molar-refractivity contribution in [2.45, 2.75) is 46.8 Å². The maximum absolute atomic E-state index is 12.3. The van der Waals surface area contributed by atoms with E-state index in [1.54, 1.807) is 6.92 Å². The first-order chi connectivity index (χ1) is 11.8. The molecule has 0 aliphatic rings. The summed E-state index contributed by atoms with van der Waals surface area (Å²) in [4.78, 5) is 12.3. The predicted octanol–water partition coefficient (Wildman–Crippen LogP) is 3.96. The smallest absolute Gasteiger partial charge is 0.261 e. The summed E-state index contributed by atoms with van der Waals surface area (Å²) in [5, 5.41) is 2.92. The molecule has 0 saturated carbocycles. The summed E-state index contributed by atoms with van der Waals surface area (Å²) in [6, 6.07) is 13.7. The molecule has 2 atom stereocenters. The summed E-state index contributed by atoms with van der Waals surface area (Å²) in [5.41, 5.74) is 3.41. The van der Waals surface area contributed by atoms with Crippen molar-refractivity contribution >= 4 is 5.91 Å². The lowest BCUT2D eigenvalue weighted by Gasteiger charge is -2.19. The zero-order chi connectivity index (χ0) is 18.4. The zero-order valence-electron chi connectivity index (χ0n) is 15.6. The van der Waals surface area contributed by atoms with Gasteiger partial charge in [0.05, 0.1) is 6.04 Å². The van der Waals surface area contributed by atoms with E-state index in [4.69, 9.17) is 9.47 Å². The highest BCUT2D eigenvalue weighted by Gasteiger charge is 2.17. The minimum Gasteiger partial charge on any atom is -0.491 e. The van der Waals surface area contributed by atoms with E-state index in [9.17, 15) is 4.79 Å². The second kappa shape index (κ2) is 8.56. The largest absolute Gasteiger partial charge is 0.491 e. The van der Waals surface area contributed by atoms with Crippen molar-refractivity contribution < 1.29 is 14.3 Å². The highest BCUT2D eigenvalue weighted by molar-refractivity contribution is 5.81. The van der Waals surface area contributed by atoms with Crippen LogP contribution in [0.3, 0.4) is 0 Å². The molecule has 0 heterocycles. The van der Waals surface area contributed by atoms with Crippen LogP contribution in [-0.2, 0) is 4.79 Å². The molecule has 1 N–H and O–H groups in total. The Kier molecular flexibility index (Phi) is 6.45. The van der Waals surface area contributed by atoms with Gasteiger partial charge in [0.15, 0.2) is 6.10 Å². The summed E-state index contributed by atoms with van der Waals surface area (Å²) in [6.45, 7) is 10.1. The molecule has 4 heteroatoms. The second-order valence-electron chi connectivity index (χ2n) is 6.62. The van der Waals surface area contributed by atoms with Crippen LogP contribution in [0.25, 0.3) is 0 Å². The van der Waals surface area contributed by atoms with E-state index in [1.165, 1.54) is 5.56 Å². The number of hydrogen-bond donors (Lipinski definition) is 1. The van der Waals surface area contributed by atoms with E-state index < -0.39 is 6.10 Å². The van der Waals surface area contributed by atoms with E-state index in [2.05, 4.69) is 11.4 Å². The molecular formula is C21H27NO3. The van der Waals surface area contributed by atoms with Gasteiger partial charge in [0.2, 0.25) is 0 Å². The Balaban J connectivity index is 1.82. The van der Waals surface area contributed by atoms with Crippen molar-refractivity contribution in [3.63, 3.8) is 0 Å². The average Bonchev–Trinajstić information content (AvgIpc) is 2.53. The van der Waals surface area contributed by atoms with Gasteiger partial charge in [-0.05, 0) is 70.0 Å². The van der Waals surface area contributed by atoms with Gasteiger partial charge in [-0.25, -0.2) is 0 Å². The molecule has 0 unspecified atom stereocenters. The van der Waals surface area contributed by atoms with E-state index in [-0.39, 0.29) is 11.9 Å². The summed E-state index contributed by atoms with van der Waals surface area (Å²) in [5.74, 6) is 1.36. The molecule has 1 amide bonds. The molecule has 2 aromatic carbocycles. The number of carbonyl (C=O) groups excluding carboxylic acids is 1. The van der Waals surface area contributed by atoms with Crippen LogP contribution in [0.1, 0.15) is 30.5 Å². The van der Waals surface area contributed by atoms with Crippen molar-refractivity contribution in [3.05, 3.63) is 59.2 Å². The molecule has 0 fully saturated rings. The van der Waals surface area contributed by atoms with Crippen LogP contribution >= 0.6 is 0 Å². The summed E-state index contributed by atoms with van der Waals surface area (Å²) >= 11 is 0. The summed E-state index contributed by atoms with van der Waals surface area (Å²) < 4.78 is 11.5. The SMILES string of the molecule is Cc1ccc(OC[C@H](C)NC(=O)[C@@H](C)Oc2cc(C)cc(C)c2)cc1. The number of rotatable bonds is 7. The van der Waals surface area contributed by atoms with Crippen molar-refractivity contribution in [3.8, 4) is 11.5 Å². The molecule has 0 aliphatic heterocycles. The van der Waals surface area contributed by atoms with E-state index in [0.29, 0.717) is 12.4 Å². The number of ether oxygens (including phenoxy) is 2. The molecule has 134 valence electrons. The molecule has 0 spiro atoms. The summed E-state index contributed by atoms with van der Waals surface area (Å²) in [6.07, 6.45) is -0.567. The van der Waals surface area contributed by atoms with Gasteiger partial charge >= 0.3 is 0 Å². The molecule has 4 nitrogen and oxygen atoms in total. The minimum atomic E-state index is -0.567. The lowest BCUT2D eigenvalue weighted by atomic mass is 10.1. The first-order valence-corrected chi connectivity index (χ1v) is 8.58.